The summed E-state index contributed by atoms with van der Waals surface area (Å²) in [6.07, 6.45) is 0.834. The van der Waals surface area contributed by atoms with Crippen molar-refractivity contribution >= 4 is 34.7 Å². The lowest BCUT2D eigenvalue weighted by molar-refractivity contribution is 0.0954. The van der Waals surface area contributed by atoms with Gasteiger partial charge in [-0.3, -0.25) is 4.79 Å². The third-order valence-corrected chi connectivity index (χ3v) is 6.50. The number of ether oxygens (including phenoxy) is 2. The van der Waals surface area contributed by atoms with Gasteiger partial charge in [-0.15, -0.1) is 0 Å². The number of nitrogens with zero attached hydrogens (tertiary/aromatic N) is 2. The minimum Gasteiger partial charge on any atom is -0.495 e. The number of hydrogen-bond acceptors (Lipinski definition) is 6. The number of nitrogens with one attached hydrogen (secondary N) is 3. The number of hydrogen-bond donors (Lipinski definition) is 3. The molecule has 3 aromatic carbocycles. The average Bonchev–Trinajstić information content (AvgIpc) is 2.97. The Balaban J connectivity index is 1.47. The Hall–Kier alpha value is -4.40. The van der Waals surface area contributed by atoms with E-state index >= 15 is 0 Å². The second-order valence-corrected chi connectivity index (χ2v) is 9.17. The van der Waals surface area contributed by atoms with E-state index in [0.29, 0.717) is 30.1 Å². The van der Waals surface area contributed by atoms with Crippen LogP contribution in [0.4, 0.5) is 27.5 Å². The Morgan fingerprint density at radius 2 is 1.46 bits per heavy atom. The number of amides is 3. The molecule has 1 saturated heterocycles. The highest BCUT2D eigenvalue weighted by Gasteiger charge is 2.23. The molecular formula is C30H37N5O4. The molecule has 3 N–H and O–H groups in total. The van der Waals surface area contributed by atoms with Gasteiger partial charge in [0.25, 0.3) is 5.91 Å². The van der Waals surface area contributed by atoms with E-state index in [4.69, 9.17) is 9.47 Å². The molecule has 0 spiro atoms. The Bertz CT molecular complexity index is 1260. The van der Waals surface area contributed by atoms with Gasteiger partial charge in [-0.05, 0) is 67.9 Å². The van der Waals surface area contributed by atoms with Gasteiger partial charge in [0, 0.05) is 49.8 Å². The lowest BCUT2D eigenvalue weighted by Crippen LogP contribution is -2.47. The maximum Gasteiger partial charge on any atom is 0.323 e. The second-order valence-electron chi connectivity index (χ2n) is 9.17. The van der Waals surface area contributed by atoms with Gasteiger partial charge in [-0.25, -0.2) is 4.79 Å². The maximum absolute atomic E-state index is 13.1. The number of para-hydroxylation sites is 2. The van der Waals surface area contributed by atoms with Crippen LogP contribution in [0.15, 0.2) is 66.7 Å². The molecule has 1 aliphatic rings. The molecule has 9 nitrogen and oxygen atoms in total. The summed E-state index contributed by atoms with van der Waals surface area (Å²) in [5.41, 5.74) is 3.63. The average molecular weight is 532 g/mol. The first-order valence-electron chi connectivity index (χ1n) is 13.4. The molecular weight excluding hydrogens is 494 g/mol. The number of methoxy groups -OCH3 is 1. The molecule has 4 rings (SSSR count). The van der Waals surface area contributed by atoms with Gasteiger partial charge in [0.1, 0.15) is 11.5 Å². The first-order valence-corrected chi connectivity index (χ1v) is 13.4. The van der Waals surface area contributed by atoms with Crippen LogP contribution in [0.5, 0.6) is 11.5 Å². The molecule has 0 unspecified atom stereocenters. The second kappa shape index (κ2) is 13.4. The number of urea groups is 1. The summed E-state index contributed by atoms with van der Waals surface area (Å²) in [5.74, 6) is 1.43. The zero-order chi connectivity index (χ0) is 27.6. The Labute approximate surface area is 230 Å². The zero-order valence-electron chi connectivity index (χ0n) is 22.8. The van der Waals surface area contributed by atoms with Gasteiger partial charge >= 0.3 is 6.03 Å². The molecule has 3 aromatic rings. The number of carbonyl (C=O) groups excluding carboxylic acids is 2. The molecule has 0 atom stereocenters. The molecule has 0 bridgehead atoms. The Morgan fingerprint density at radius 1 is 0.821 bits per heavy atom. The third-order valence-electron chi connectivity index (χ3n) is 6.50. The van der Waals surface area contributed by atoms with Crippen molar-refractivity contribution in [2.45, 2.75) is 20.3 Å². The van der Waals surface area contributed by atoms with Crippen LogP contribution in [0.1, 0.15) is 30.6 Å². The first-order chi connectivity index (χ1) is 19.0. The van der Waals surface area contributed by atoms with E-state index in [1.807, 2.05) is 44.2 Å². The van der Waals surface area contributed by atoms with Gasteiger partial charge in [-0.2, -0.15) is 0 Å². The summed E-state index contributed by atoms with van der Waals surface area (Å²) in [6, 6.07) is 20.3. The van der Waals surface area contributed by atoms with E-state index in [0.717, 1.165) is 55.5 Å². The number of carbonyl (C=O) groups is 2. The minimum absolute atomic E-state index is 0.158. The molecule has 0 aromatic heterocycles. The lowest BCUT2D eigenvalue weighted by Gasteiger charge is -2.38. The number of benzene rings is 3. The van der Waals surface area contributed by atoms with Crippen molar-refractivity contribution in [1.82, 2.24) is 5.32 Å². The van der Waals surface area contributed by atoms with E-state index in [-0.39, 0.29) is 5.91 Å². The van der Waals surface area contributed by atoms with Gasteiger partial charge in [0.05, 0.1) is 25.0 Å². The highest BCUT2D eigenvalue weighted by Crippen LogP contribution is 2.31. The summed E-state index contributed by atoms with van der Waals surface area (Å²) in [5, 5.41) is 8.65. The molecule has 1 fully saturated rings. The zero-order valence-corrected chi connectivity index (χ0v) is 22.8. The Kier molecular flexibility index (Phi) is 9.50. The maximum atomic E-state index is 13.1. The number of piperazine rings is 1. The summed E-state index contributed by atoms with van der Waals surface area (Å²) in [7, 11) is 1.68. The van der Waals surface area contributed by atoms with Gasteiger partial charge in [0.2, 0.25) is 0 Å². The smallest absolute Gasteiger partial charge is 0.323 e. The van der Waals surface area contributed by atoms with E-state index in [1.54, 1.807) is 37.4 Å². The quantitative estimate of drug-likeness (QED) is 0.333. The molecule has 1 aliphatic heterocycles. The summed E-state index contributed by atoms with van der Waals surface area (Å²) >= 11 is 0. The molecule has 3 amide bonds. The van der Waals surface area contributed by atoms with Crippen LogP contribution in [-0.4, -0.2) is 58.4 Å². The Morgan fingerprint density at radius 3 is 2.13 bits per heavy atom. The predicted octanol–water partition coefficient (Wildman–Crippen LogP) is 5.20. The van der Waals surface area contributed by atoms with Crippen LogP contribution in [-0.2, 0) is 0 Å². The highest BCUT2D eigenvalue weighted by molar-refractivity contribution is 6.04. The molecule has 9 heteroatoms. The standard InChI is InChI=1S/C30H37N5O4/c1-4-16-31-29(36)25-21-23(33-30(37)32-22-10-13-24(14-11-22)39-5-2)12-15-26(25)34-17-19-35(20-18-34)27-8-6-7-9-28(27)38-3/h6-15,21H,4-5,16-20H2,1-3H3,(H,31,36)(H2,32,33,37). The van der Waals surface area contributed by atoms with Crippen molar-refractivity contribution in [3.05, 3.63) is 72.3 Å². The van der Waals surface area contributed by atoms with Crippen molar-refractivity contribution in [3.63, 3.8) is 0 Å². The summed E-state index contributed by atoms with van der Waals surface area (Å²) in [4.78, 5) is 30.3. The van der Waals surface area contributed by atoms with Crippen LogP contribution >= 0.6 is 0 Å². The first kappa shape index (κ1) is 27.6. The monoisotopic (exact) mass is 531 g/mol. The summed E-state index contributed by atoms with van der Waals surface area (Å²) < 4.78 is 11.0. The largest absolute Gasteiger partial charge is 0.495 e. The predicted molar refractivity (Wildman–Crippen MR) is 157 cm³/mol. The van der Waals surface area contributed by atoms with Crippen LogP contribution in [0.2, 0.25) is 0 Å². The van der Waals surface area contributed by atoms with Crippen LogP contribution in [0.3, 0.4) is 0 Å². The van der Waals surface area contributed by atoms with Gasteiger partial charge in [0.15, 0.2) is 0 Å². The van der Waals surface area contributed by atoms with Crippen LogP contribution < -0.4 is 35.2 Å². The fraction of sp³-hybridized carbons (Fsp3) is 0.333. The van der Waals surface area contributed by atoms with Gasteiger partial charge in [-0.1, -0.05) is 19.1 Å². The van der Waals surface area contributed by atoms with E-state index < -0.39 is 6.03 Å². The van der Waals surface area contributed by atoms with Crippen molar-refractivity contribution < 1.29 is 19.1 Å². The molecule has 0 saturated carbocycles. The van der Waals surface area contributed by atoms with E-state index in [2.05, 4.69) is 31.8 Å². The van der Waals surface area contributed by atoms with Crippen LogP contribution in [0, 0.1) is 0 Å². The normalized spacial score (nSPS) is 13.0. The van der Waals surface area contributed by atoms with Crippen molar-refractivity contribution in [3.8, 4) is 11.5 Å². The number of anilines is 4. The molecule has 39 heavy (non-hydrogen) atoms. The van der Waals surface area contributed by atoms with Crippen LogP contribution in [0.25, 0.3) is 0 Å². The molecule has 0 radical (unpaired) electrons. The fourth-order valence-corrected chi connectivity index (χ4v) is 4.58. The minimum atomic E-state index is -0.391. The molecule has 0 aliphatic carbocycles. The third kappa shape index (κ3) is 7.13. The van der Waals surface area contributed by atoms with E-state index in [1.165, 1.54) is 0 Å². The fourth-order valence-electron chi connectivity index (χ4n) is 4.58. The lowest BCUT2D eigenvalue weighted by atomic mass is 10.1. The summed E-state index contributed by atoms with van der Waals surface area (Å²) in [6.45, 7) is 8.17. The molecule has 1 heterocycles. The van der Waals surface area contributed by atoms with Crippen molar-refractivity contribution in [2.24, 2.45) is 0 Å². The van der Waals surface area contributed by atoms with Crippen molar-refractivity contribution in [2.75, 3.05) is 66.9 Å². The van der Waals surface area contributed by atoms with E-state index in [9.17, 15) is 9.59 Å². The topological polar surface area (TPSA) is 95.2 Å². The SMILES string of the molecule is CCCNC(=O)c1cc(NC(=O)Nc2ccc(OCC)cc2)ccc1N1CCN(c2ccccc2OC)CC1. The van der Waals surface area contributed by atoms with Crippen molar-refractivity contribution in [1.29, 1.82) is 0 Å². The number of rotatable bonds is 10. The van der Waals surface area contributed by atoms with Gasteiger partial charge < -0.3 is 35.2 Å². The molecule has 206 valence electrons. The highest BCUT2D eigenvalue weighted by atomic mass is 16.5.